The average molecular weight is 808 g/mol. The van der Waals surface area contributed by atoms with E-state index in [0.29, 0.717) is 50.5 Å². The first kappa shape index (κ1) is 48.8. The van der Waals surface area contributed by atoms with Gasteiger partial charge in [-0.05, 0) is 89.5 Å². The second kappa shape index (κ2) is 22.7. The summed E-state index contributed by atoms with van der Waals surface area (Å²) in [5.74, 6) is -7.41. The van der Waals surface area contributed by atoms with Gasteiger partial charge in [-0.1, -0.05) is 58.8 Å². The van der Waals surface area contributed by atoms with Gasteiger partial charge in [-0.25, -0.2) is 4.79 Å². The smallest absolute Gasteiger partial charge is 0.329 e. The minimum absolute atomic E-state index is 0.00248. The predicted molar refractivity (Wildman–Crippen MR) is 215 cm³/mol. The second-order valence-corrected chi connectivity index (χ2v) is 16.8. The van der Waals surface area contributed by atoms with Crippen molar-refractivity contribution in [3.8, 4) is 0 Å². The van der Waals surface area contributed by atoms with Gasteiger partial charge in [-0.3, -0.25) is 14.4 Å². The van der Waals surface area contributed by atoms with Crippen molar-refractivity contribution in [3.63, 3.8) is 0 Å². The van der Waals surface area contributed by atoms with Crippen LogP contribution < -0.4 is 0 Å². The van der Waals surface area contributed by atoms with Gasteiger partial charge in [0.15, 0.2) is 0 Å². The number of amides is 1. The van der Waals surface area contributed by atoms with Crippen molar-refractivity contribution >= 4 is 23.4 Å². The van der Waals surface area contributed by atoms with Crippen LogP contribution >= 0.6 is 0 Å². The van der Waals surface area contributed by atoms with E-state index in [1.807, 2.05) is 46.8 Å². The number of piperidine rings is 1. The number of rotatable bonds is 20. The monoisotopic (exact) mass is 808 g/mol. The highest BCUT2D eigenvalue weighted by molar-refractivity contribution is 6.39. The molecule has 13 nitrogen and oxygen atoms in total. The van der Waals surface area contributed by atoms with E-state index in [-0.39, 0.29) is 49.5 Å². The van der Waals surface area contributed by atoms with Crippen molar-refractivity contribution < 1.29 is 58.2 Å². The summed E-state index contributed by atoms with van der Waals surface area (Å²) < 4.78 is 29.2. The maximum absolute atomic E-state index is 14.3. The van der Waals surface area contributed by atoms with Crippen LogP contribution in [0.5, 0.6) is 0 Å². The lowest BCUT2D eigenvalue weighted by Gasteiger charge is -2.46. The number of methoxy groups -OCH3 is 3. The van der Waals surface area contributed by atoms with Crippen molar-refractivity contribution in [1.82, 2.24) is 4.90 Å². The number of allylic oxidation sites excluding steroid dienone is 3. The Morgan fingerprint density at radius 3 is 2.26 bits per heavy atom. The molecule has 0 aromatic heterocycles. The maximum Gasteiger partial charge on any atom is 0.329 e. The van der Waals surface area contributed by atoms with Crippen molar-refractivity contribution in [2.75, 3.05) is 27.9 Å². The number of esters is 1. The van der Waals surface area contributed by atoms with Crippen LogP contribution in [0, 0.1) is 23.7 Å². The number of carbonyl (C=O) groups excluding carboxylic acids is 4. The number of Topliss-reactive ketones (excluding diaryl/α,β-unsaturated/α-hetero) is 2. The van der Waals surface area contributed by atoms with Gasteiger partial charge in [0.2, 0.25) is 5.79 Å². The normalized spacial score (nSPS) is 31.5. The molecule has 13 heteroatoms. The fourth-order valence-corrected chi connectivity index (χ4v) is 8.75. The molecule has 1 amide bonds. The Hall–Kier alpha value is -2.52. The SMILES string of the molecule is CCCC(OC)C1OC(O)(C(=O)C(=O)N2CCCCC2C(=O)OC(/C(C)=C/C2CCC(O)C(OC)C2)C(C)C(O)CC(=O)C(/C=C(\C)CC)CC)C(C)CC1OC. The number of likely N-dealkylation sites (tertiary alicyclic amines) is 1. The molecule has 2 saturated heterocycles. The quantitative estimate of drug-likeness (QED) is 0.0828. The molecule has 57 heavy (non-hydrogen) atoms. The molecule has 1 saturated carbocycles. The summed E-state index contributed by atoms with van der Waals surface area (Å²) in [5.41, 5.74) is 1.75. The van der Waals surface area contributed by atoms with E-state index in [0.717, 1.165) is 18.4 Å². The minimum atomic E-state index is -2.48. The van der Waals surface area contributed by atoms with Crippen LogP contribution in [-0.2, 0) is 42.9 Å². The zero-order chi connectivity index (χ0) is 42.6. The van der Waals surface area contributed by atoms with Crippen molar-refractivity contribution in [2.24, 2.45) is 23.7 Å². The molecular formula is C44H73NO12. The molecule has 2 heterocycles. The molecule has 3 N–H and O–H groups in total. The van der Waals surface area contributed by atoms with Crippen LogP contribution in [0.1, 0.15) is 126 Å². The van der Waals surface area contributed by atoms with E-state index in [9.17, 15) is 34.5 Å². The van der Waals surface area contributed by atoms with Gasteiger partial charge in [0.05, 0.1) is 30.5 Å². The van der Waals surface area contributed by atoms with Crippen LogP contribution in [0.15, 0.2) is 23.3 Å². The van der Waals surface area contributed by atoms with E-state index < -0.39 is 77.9 Å². The van der Waals surface area contributed by atoms with E-state index in [2.05, 4.69) is 0 Å². The molecular weight excluding hydrogens is 734 g/mol. The van der Waals surface area contributed by atoms with Gasteiger partial charge in [0.1, 0.15) is 24.0 Å². The van der Waals surface area contributed by atoms with Crippen molar-refractivity contribution in [1.29, 1.82) is 0 Å². The van der Waals surface area contributed by atoms with Gasteiger partial charge < -0.3 is 43.9 Å². The summed E-state index contributed by atoms with van der Waals surface area (Å²) in [4.78, 5) is 57.2. The number of hydrogen-bond acceptors (Lipinski definition) is 12. The third-order valence-electron chi connectivity index (χ3n) is 12.7. The molecule has 13 atom stereocenters. The number of aliphatic hydroxyl groups is 3. The summed E-state index contributed by atoms with van der Waals surface area (Å²) in [5, 5.41) is 33.8. The highest BCUT2D eigenvalue weighted by Gasteiger charge is 2.56. The van der Waals surface area contributed by atoms with Gasteiger partial charge in [-0.15, -0.1) is 0 Å². The van der Waals surface area contributed by atoms with E-state index >= 15 is 0 Å². The van der Waals surface area contributed by atoms with Crippen LogP contribution in [0.2, 0.25) is 0 Å². The summed E-state index contributed by atoms with van der Waals surface area (Å²) in [6, 6.07) is -1.14. The molecule has 3 rings (SSSR count). The van der Waals surface area contributed by atoms with Crippen LogP contribution in [0.25, 0.3) is 0 Å². The van der Waals surface area contributed by atoms with Crippen LogP contribution in [0.3, 0.4) is 0 Å². The molecule has 3 fully saturated rings. The van der Waals surface area contributed by atoms with E-state index in [1.54, 1.807) is 21.0 Å². The number of aliphatic hydroxyl groups excluding tert-OH is 2. The first-order valence-corrected chi connectivity index (χ1v) is 21.3. The molecule has 0 aromatic carbocycles. The Morgan fingerprint density at radius 1 is 0.982 bits per heavy atom. The fourth-order valence-electron chi connectivity index (χ4n) is 8.75. The molecule has 0 radical (unpaired) electrons. The van der Waals surface area contributed by atoms with Crippen molar-refractivity contribution in [3.05, 3.63) is 23.3 Å². The molecule has 0 bridgehead atoms. The minimum Gasteiger partial charge on any atom is -0.456 e. The average Bonchev–Trinajstić information content (AvgIpc) is 3.21. The van der Waals surface area contributed by atoms with Crippen LogP contribution in [0.4, 0.5) is 0 Å². The lowest BCUT2D eigenvalue weighted by atomic mass is 9.82. The molecule has 1 aliphatic carbocycles. The summed E-state index contributed by atoms with van der Waals surface area (Å²) in [7, 11) is 4.61. The Kier molecular flexibility index (Phi) is 19.5. The number of carbonyl (C=O) groups is 4. The molecule has 326 valence electrons. The lowest BCUT2D eigenvalue weighted by molar-refractivity contribution is -0.302. The first-order chi connectivity index (χ1) is 27.0. The molecule has 0 spiro atoms. The molecule has 13 unspecified atom stereocenters. The van der Waals surface area contributed by atoms with E-state index in [1.165, 1.54) is 19.1 Å². The predicted octanol–water partition coefficient (Wildman–Crippen LogP) is 5.25. The Morgan fingerprint density at radius 2 is 1.67 bits per heavy atom. The Bertz CT molecular complexity index is 1390. The highest BCUT2D eigenvalue weighted by Crippen LogP contribution is 2.38. The zero-order valence-electron chi connectivity index (χ0n) is 36.2. The molecule has 2 aliphatic heterocycles. The molecule has 0 aromatic rings. The fraction of sp³-hybridized carbons (Fsp3) is 0.818. The van der Waals surface area contributed by atoms with Gasteiger partial charge in [0.25, 0.3) is 11.7 Å². The summed E-state index contributed by atoms with van der Waals surface area (Å²) in [6.45, 7) is 13.2. The van der Waals surface area contributed by atoms with Gasteiger partial charge in [-0.2, -0.15) is 0 Å². The topological polar surface area (TPSA) is 178 Å². The summed E-state index contributed by atoms with van der Waals surface area (Å²) in [6.07, 6.45) is 5.04. The second-order valence-electron chi connectivity index (χ2n) is 16.8. The first-order valence-electron chi connectivity index (χ1n) is 21.3. The lowest BCUT2D eigenvalue weighted by Crippen LogP contribution is -2.64. The van der Waals surface area contributed by atoms with Gasteiger partial charge in [0, 0.05) is 52.0 Å². The number of hydrogen-bond donors (Lipinski definition) is 3. The third-order valence-corrected chi connectivity index (χ3v) is 12.7. The van der Waals surface area contributed by atoms with Crippen molar-refractivity contribution in [2.45, 2.75) is 180 Å². The van der Waals surface area contributed by atoms with Crippen LogP contribution in [-0.4, -0.2) is 126 Å². The number of nitrogens with zero attached hydrogens (tertiary/aromatic N) is 1. The highest BCUT2D eigenvalue weighted by atomic mass is 16.7. The molecule has 3 aliphatic rings. The number of ketones is 2. The number of ether oxygens (including phenoxy) is 5. The maximum atomic E-state index is 14.3. The van der Waals surface area contributed by atoms with E-state index in [4.69, 9.17) is 23.7 Å². The zero-order valence-corrected chi connectivity index (χ0v) is 36.2. The standard InChI is InChI=1S/C44H73NO12/c1-11-16-36(53-8)40-38(55-10)23-28(6)44(52,57-40)41(49)42(50)45-20-15-14-17-32(45)43(51)56-39(27(5)22-30-18-19-33(46)37(24-30)54-9)29(7)34(47)25-35(48)31(13-3)21-26(4)12-2/h21-22,28-34,36-40,46-47,52H,11-20,23-25H2,1-10H3/b26-21+,27-22+. The Labute approximate surface area is 340 Å². The Balaban J connectivity index is 1.92. The third kappa shape index (κ3) is 12.3. The van der Waals surface area contributed by atoms with Gasteiger partial charge >= 0.3 is 5.97 Å². The summed E-state index contributed by atoms with van der Waals surface area (Å²) >= 11 is 0. The largest absolute Gasteiger partial charge is 0.456 e.